The van der Waals surface area contributed by atoms with Crippen LogP contribution in [0.5, 0.6) is 5.75 Å². The van der Waals surface area contributed by atoms with E-state index in [0.717, 1.165) is 12.2 Å². The van der Waals surface area contributed by atoms with E-state index in [1.807, 2.05) is 12.1 Å². The van der Waals surface area contributed by atoms with Crippen molar-refractivity contribution in [3.05, 3.63) is 29.3 Å². The first-order chi connectivity index (χ1) is 6.15. The smallest absolute Gasteiger partial charge is 0.122 e. The summed E-state index contributed by atoms with van der Waals surface area (Å²) in [6, 6.07) is 6.15. The van der Waals surface area contributed by atoms with Crippen LogP contribution in [0.25, 0.3) is 0 Å². The molecular weight excluding hydrogens is 228 g/mol. The van der Waals surface area contributed by atoms with Gasteiger partial charge in [0.1, 0.15) is 5.75 Å². The van der Waals surface area contributed by atoms with E-state index in [4.69, 9.17) is 4.74 Å². The van der Waals surface area contributed by atoms with Crippen LogP contribution in [0.15, 0.2) is 18.2 Å². The fourth-order valence-corrected chi connectivity index (χ4v) is 1.73. The molecule has 72 valence electrons. The molecule has 0 aliphatic carbocycles. The molecule has 0 aliphatic rings. The molecule has 0 aromatic heterocycles. The van der Waals surface area contributed by atoms with Crippen molar-refractivity contribution >= 4 is 15.9 Å². The van der Waals surface area contributed by atoms with Gasteiger partial charge in [-0.15, -0.1) is 0 Å². The minimum absolute atomic E-state index is 0.488. The predicted octanol–water partition coefficient (Wildman–Crippen LogP) is 3.33. The maximum Gasteiger partial charge on any atom is 0.122 e. The van der Waals surface area contributed by atoms with Crippen LogP contribution in [0.4, 0.5) is 0 Å². The summed E-state index contributed by atoms with van der Waals surface area (Å²) in [4.78, 5) is 0.488. The molecule has 0 saturated carbocycles. The van der Waals surface area contributed by atoms with Crippen molar-refractivity contribution in [3.8, 4) is 5.75 Å². The molecule has 0 radical (unpaired) electrons. The van der Waals surface area contributed by atoms with Crippen LogP contribution in [0.3, 0.4) is 0 Å². The van der Waals surface area contributed by atoms with Crippen LogP contribution in [-0.4, -0.2) is 11.9 Å². The van der Waals surface area contributed by atoms with Gasteiger partial charge in [-0.3, -0.25) is 0 Å². The maximum atomic E-state index is 5.31. The van der Waals surface area contributed by atoms with Gasteiger partial charge in [-0.2, -0.15) is 0 Å². The molecular formula is C11H15BrO. The maximum absolute atomic E-state index is 5.31. The summed E-state index contributed by atoms with van der Waals surface area (Å²) < 4.78 is 5.31. The number of aryl methyl sites for hydroxylation is 1. The Morgan fingerprint density at radius 3 is 2.69 bits per heavy atom. The van der Waals surface area contributed by atoms with Gasteiger partial charge in [0.15, 0.2) is 0 Å². The lowest BCUT2D eigenvalue weighted by Crippen LogP contribution is -2.01. The number of benzene rings is 1. The summed E-state index contributed by atoms with van der Waals surface area (Å²) in [6.45, 7) is 4.26. The molecule has 0 amide bonds. The second kappa shape index (κ2) is 4.66. The van der Waals surface area contributed by atoms with E-state index in [1.165, 1.54) is 11.1 Å². The number of alkyl halides is 1. The number of hydrogen-bond donors (Lipinski definition) is 0. The van der Waals surface area contributed by atoms with Gasteiger partial charge in [-0.25, -0.2) is 0 Å². The number of halogens is 1. The topological polar surface area (TPSA) is 9.23 Å². The van der Waals surface area contributed by atoms with E-state index in [-0.39, 0.29) is 0 Å². The van der Waals surface area contributed by atoms with Gasteiger partial charge < -0.3 is 4.74 Å². The first-order valence-corrected chi connectivity index (χ1v) is 5.33. The molecule has 1 unspecified atom stereocenters. The normalized spacial score (nSPS) is 12.6. The number of methoxy groups -OCH3 is 1. The van der Waals surface area contributed by atoms with Gasteiger partial charge in [0.25, 0.3) is 0 Å². The molecule has 0 spiro atoms. The molecule has 1 rings (SSSR count). The van der Waals surface area contributed by atoms with Gasteiger partial charge in [0.2, 0.25) is 0 Å². The lowest BCUT2D eigenvalue weighted by Gasteiger charge is -2.12. The first-order valence-electron chi connectivity index (χ1n) is 4.41. The van der Waals surface area contributed by atoms with Crippen LogP contribution in [0, 0.1) is 6.92 Å². The highest BCUT2D eigenvalue weighted by atomic mass is 79.9. The fourth-order valence-electron chi connectivity index (χ4n) is 1.41. The van der Waals surface area contributed by atoms with Gasteiger partial charge in [0.05, 0.1) is 7.11 Å². The van der Waals surface area contributed by atoms with E-state index in [1.54, 1.807) is 7.11 Å². The highest BCUT2D eigenvalue weighted by Crippen LogP contribution is 2.24. The van der Waals surface area contributed by atoms with Crippen LogP contribution < -0.4 is 4.74 Å². The van der Waals surface area contributed by atoms with Crippen LogP contribution >= 0.6 is 15.9 Å². The number of hydrogen-bond acceptors (Lipinski definition) is 1. The summed E-state index contributed by atoms with van der Waals surface area (Å²) in [7, 11) is 1.72. The minimum atomic E-state index is 0.488. The lowest BCUT2D eigenvalue weighted by atomic mass is 10.0. The summed E-state index contributed by atoms with van der Waals surface area (Å²) >= 11 is 3.55. The van der Waals surface area contributed by atoms with Gasteiger partial charge >= 0.3 is 0 Å². The van der Waals surface area contributed by atoms with E-state index in [9.17, 15) is 0 Å². The predicted molar refractivity (Wildman–Crippen MR) is 59.8 cm³/mol. The Balaban J connectivity index is 3.00. The Morgan fingerprint density at radius 1 is 1.46 bits per heavy atom. The second-order valence-corrected chi connectivity index (χ2v) is 4.80. The van der Waals surface area contributed by atoms with Gasteiger partial charge in [-0.05, 0) is 30.5 Å². The van der Waals surface area contributed by atoms with Crippen molar-refractivity contribution in [2.75, 3.05) is 7.11 Å². The van der Waals surface area contributed by atoms with Crippen molar-refractivity contribution in [2.24, 2.45) is 0 Å². The van der Waals surface area contributed by atoms with E-state index < -0.39 is 0 Å². The Hall–Kier alpha value is -0.500. The summed E-state index contributed by atoms with van der Waals surface area (Å²) in [5.41, 5.74) is 2.60. The summed E-state index contributed by atoms with van der Waals surface area (Å²) in [5.74, 6) is 0.992. The SMILES string of the molecule is COc1cccc(C)c1CC(C)Br. The molecule has 0 heterocycles. The number of ether oxygens (including phenoxy) is 1. The lowest BCUT2D eigenvalue weighted by molar-refractivity contribution is 0.409. The molecule has 2 heteroatoms. The largest absolute Gasteiger partial charge is 0.496 e. The van der Waals surface area contributed by atoms with Gasteiger partial charge in [0, 0.05) is 4.83 Å². The zero-order valence-electron chi connectivity index (χ0n) is 8.30. The Kier molecular flexibility index (Phi) is 3.79. The highest BCUT2D eigenvalue weighted by molar-refractivity contribution is 9.09. The quantitative estimate of drug-likeness (QED) is 0.740. The minimum Gasteiger partial charge on any atom is -0.496 e. The zero-order valence-corrected chi connectivity index (χ0v) is 9.89. The van der Waals surface area contributed by atoms with E-state index in [2.05, 4.69) is 35.8 Å². The summed E-state index contributed by atoms with van der Waals surface area (Å²) in [5, 5.41) is 0. The Morgan fingerprint density at radius 2 is 2.15 bits per heavy atom. The second-order valence-electron chi connectivity index (χ2n) is 3.24. The van der Waals surface area contributed by atoms with Crippen LogP contribution in [0.2, 0.25) is 0 Å². The van der Waals surface area contributed by atoms with Crippen molar-refractivity contribution in [2.45, 2.75) is 25.1 Å². The Bertz CT molecular complexity index is 281. The average Bonchev–Trinajstić information content (AvgIpc) is 2.08. The monoisotopic (exact) mass is 242 g/mol. The number of rotatable bonds is 3. The van der Waals surface area contributed by atoms with E-state index >= 15 is 0 Å². The third kappa shape index (κ3) is 2.73. The molecule has 1 aromatic carbocycles. The van der Waals surface area contributed by atoms with Crippen LogP contribution in [0.1, 0.15) is 18.1 Å². The fraction of sp³-hybridized carbons (Fsp3) is 0.455. The van der Waals surface area contributed by atoms with Crippen molar-refractivity contribution in [3.63, 3.8) is 0 Å². The molecule has 1 nitrogen and oxygen atoms in total. The summed E-state index contributed by atoms with van der Waals surface area (Å²) in [6.07, 6.45) is 1.01. The van der Waals surface area contributed by atoms with E-state index in [0.29, 0.717) is 4.83 Å². The molecule has 13 heavy (non-hydrogen) atoms. The van der Waals surface area contributed by atoms with Crippen molar-refractivity contribution < 1.29 is 4.74 Å². The first kappa shape index (κ1) is 10.6. The molecule has 0 N–H and O–H groups in total. The Labute approximate surface area is 88.2 Å². The van der Waals surface area contributed by atoms with Crippen molar-refractivity contribution in [1.82, 2.24) is 0 Å². The molecule has 1 atom stereocenters. The molecule has 0 bridgehead atoms. The zero-order chi connectivity index (χ0) is 9.84. The molecule has 0 fully saturated rings. The molecule has 0 aliphatic heterocycles. The third-order valence-electron chi connectivity index (χ3n) is 2.07. The standard InChI is InChI=1S/C11H15BrO/c1-8-5-4-6-11(13-3)10(8)7-9(2)12/h4-6,9H,7H2,1-3H3. The van der Waals surface area contributed by atoms with Crippen LogP contribution in [-0.2, 0) is 6.42 Å². The third-order valence-corrected chi connectivity index (χ3v) is 2.40. The average molecular weight is 243 g/mol. The van der Waals surface area contributed by atoms with Gasteiger partial charge in [-0.1, -0.05) is 35.0 Å². The highest BCUT2D eigenvalue weighted by Gasteiger charge is 2.07. The van der Waals surface area contributed by atoms with Crippen molar-refractivity contribution in [1.29, 1.82) is 0 Å². The molecule has 1 aromatic rings. The molecule has 0 saturated heterocycles.